The van der Waals surface area contributed by atoms with Crippen LogP contribution in [-0.4, -0.2) is 18.4 Å². The summed E-state index contributed by atoms with van der Waals surface area (Å²) < 4.78 is 0. The smallest absolute Gasteiger partial charge is 0.250 e. The van der Waals surface area contributed by atoms with E-state index < -0.39 is 5.91 Å². The van der Waals surface area contributed by atoms with E-state index in [1.54, 1.807) is 24.3 Å². The van der Waals surface area contributed by atoms with E-state index in [2.05, 4.69) is 17.6 Å². The second-order valence-corrected chi connectivity index (χ2v) is 5.27. The third-order valence-electron chi connectivity index (χ3n) is 3.63. The Kier molecular flexibility index (Phi) is 5.36. The summed E-state index contributed by atoms with van der Waals surface area (Å²) in [5.41, 5.74) is 9.26. The molecule has 5 heteroatoms. The largest absolute Gasteiger partial charge is 0.376 e. The number of carbonyl (C=O) groups is 2. The molecule has 0 aliphatic heterocycles. The Morgan fingerprint density at radius 1 is 1.09 bits per heavy atom. The average molecular weight is 311 g/mol. The molecule has 0 atom stereocenters. The number of nitrogens with two attached hydrogens (primary N) is 1. The summed E-state index contributed by atoms with van der Waals surface area (Å²) in [6.45, 7) is 4.19. The van der Waals surface area contributed by atoms with Gasteiger partial charge in [0.25, 0.3) is 5.91 Å². The highest BCUT2D eigenvalue weighted by Crippen LogP contribution is 2.21. The van der Waals surface area contributed by atoms with E-state index in [0.717, 1.165) is 23.2 Å². The summed E-state index contributed by atoms with van der Waals surface area (Å²) in [6, 6.07) is 12.7. The van der Waals surface area contributed by atoms with Crippen molar-refractivity contribution < 1.29 is 9.59 Å². The number of amides is 2. The molecule has 0 aliphatic rings. The van der Waals surface area contributed by atoms with Gasteiger partial charge >= 0.3 is 0 Å². The third-order valence-corrected chi connectivity index (χ3v) is 3.63. The van der Waals surface area contributed by atoms with Crippen LogP contribution in [0.3, 0.4) is 0 Å². The quantitative estimate of drug-likeness (QED) is 0.767. The van der Waals surface area contributed by atoms with E-state index in [9.17, 15) is 9.59 Å². The lowest BCUT2D eigenvalue weighted by atomic mass is 10.1. The van der Waals surface area contributed by atoms with Crippen LogP contribution in [0.5, 0.6) is 0 Å². The minimum atomic E-state index is -0.568. The summed E-state index contributed by atoms with van der Waals surface area (Å²) >= 11 is 0. The van der Waals surface area contributed by atoms with Gasteiger partial charge < -0.3 is 16.4 Å². The van der Waals surface area contributed by atoms with Crippen LogP contribution < -0.4 is 16.4 Å². The molecule has 0 fully saturated rings. The van der Waals surface area contributed by atoms with Crippen LogP contribution in [0, 0.1) is 6.92 Å². The van der Waals surface area contributed by atoms with Gasteiger partial charge in [-0.1, -0.05) is 37.3 Å². The van der Waals surface area contributed by atoms with Gasteiger partial charge in [0.1, 0.15) is 0 Å². The number of primary amides is 1. The molecular weight excluding hydrogens is 290 g/mol. The highest BCUT2D eigenvalue weighted by molar-refractivity contribution is 6.03. The number of para-hydroxylation sites is 2. The number of aryl methyl sites for hydroxylation is 2. The Labute approximate surface area is 135 Å². The molecule has 23 heavy (non-hydrogen) atoms. The van der Waals surface area contributed by atoms with E-state index >= 15 is 0 Å². The van der Waals surface area contributed by atoms with Crippen LogP contribution in [0.4, 0.5) is 11.4 Å². The predicted octanol–water partition coefficient (Wildman–Crippen LogP) is 2.71. The molecule has 0 saturated carbocycles. The fourth-order valence-electron chi connectivity index (χ4n) is 2.45. The van der Waals surface area contributed by atoms with Crippen LogP contribution in [0.15, 0.2) is 42.5 Å². The fourth-order valence-corrected chi connectivity index (χ4v) is 2.45. The lowest BCUT2D eigenvalue weighted by molar-refractivity contribution is -0.114. The number of anilines is 2. The van der Waals surface area contributed by atoms with E-state index in [-0.39, 0.29) is 12.5 Å². The van der Waals surface area contributed by atoms with Crippen molar-refractivity contribution in [3.63, 3.8) is 0 Å². The molecule has 0 aromatic heterocycles. The van der Waals surface area contributed by atoms with Crippen molar-refractivity contribution in [2.24, 2.45) is 5.73 Å². The number of hydrogen-bond donors (Lipinski definition) is 3. The van der Waals surface area contributed by atoms with Crippen molar-refractivity contribution >= 4 is 23.2 Å². The normalized spacial score (nSPS) is 10.2. The summed E-state index contributed by atoms with van der Waals surface area (Å²) in [5.74, 6) is -0.801. The topological polar surface area (TPSA) is 84.2 Å². The molecule has 120 valence electrons. The Balaban J connectivity index is 2.06. The fraction of sp³-hybridized carbons (Fsp3) is 0.222. The number of nitrogens with one attached hydrogen (secondary N) is 2. The zero-order valence-corrected chi connectivity index (χ0v) is 13.3. The van der Waals surface area contributed by atoms with Gasteiger partial charge in [-0.25, -0.2) is 0 Å². The maximum Gasteiger partial charge on any atom is 0.250 e. The molecule has 2 amide bonds. The molecule has 2 aromatic carbocycles. The summed E-state index contributed by atoms with van der Waals surface area (Å²) in [7, 11) is 0. The first-order valence-electron chi connectivity index (χ1n) is 7.54. The second-order valence-electron chi connectivity index (χ2n) is 5.27. The Morgan fingerprint density at radius 3 is 2.52 bits per heavy atom. The Bertz CT molecular complexity index is 726. The maximum atomic E-state index is 12.1. The highest BCUT2D eigenvalue weighted by Gasteiger charge is 2.11. The number of rotatable bonds is 6. The van der Waals surface area contributed by atoms with Crippen molar-refractivity contribution in [2.75, 3.05) is 17.2 Å². The predicted molar refractivity (Wildman–Crippen MR) is 92.6 cm³/mol. The van der Waals surface area contributed by atoms with Gasteiger partial charge in [0.15, 0.2) is 0 Å². The van der Waals surface area contributed by atoms with Crippen molar-refractivity contribution in [3.05, 3.63) is 59.2 Å². The third kappa shape index (κ3) is 4.10. The molecule has 0 aliphatic carbocycles. The van der Waals surface area contributed by atoms with Crippen LogP contribution in [-0.2, 0) is 11.2 Å². The molecule has 0 spiro atoms. The molecular formula is C18H21N3O2. The molecule has 0 radical (unpaired) electrons. The maximum absolute atomic E-state index is 12.1. The minimum absolute atomic E-state index is 0.116. The molecule has 0 bridgehead atoms. The van der Waals surface area contributed by atoms with Gasteiger partial charge in [-0.2, -0.15) is 0 Å². The first-order chi connectivity index (χ1) is 11.0. The molecule has 5 nitrogen and oxygen atoms in total. The van der Waals surface area contributed by atoms with E-state index in [0.29, 0.717) is 11.3 Å². The minimum Gasteiger partial charge on any atom is -0.376 e. The van der Waals surface area contributed by atoms with Crippen molar-refractivity contribution in [1.82, 2.24) is 0 Å². The van der Waals surface area contributed by atoms with Gasteiger partial charge in [-0.05, 0) is 36.6 Å². The van der Waals surface area contributed by atoms with Gasteiger partial charge in [-0.15, -0.1) is 0 Å². The Morgan fingerprint density at radius 2 is 1.83 bits per heavy atom. The summed E-state index contributed by atoms with van der Waals surface area (Å²) in [6.07, 6.45) is 0.885. The molecule has 4 N–H and O–H groups in total. The van der Waals surface area contributed by atoms with Crippen molar-refractivity contribution in [1.29, 1.82) is 0 Å². The first-order valence-corrected chi connectivity index (χ1v) is 7.54. The number of benzene rings is 2. The molecule has 0 saturated heterocycles. The van der Waals surface area contributed by atoms with E-state index in [1.165, 1.54) is 0 Å². The van der Waals surface area contributed by atoms with Crippen molar-refractivity contribution in [3.8, 4) is 0 Å². The molecule has 0 heterocycles. The molecule has 0 unspecified atom stereocenters. The van der Waals surface area contributed by atoms with E-state index in [4.69, 9.17) is 5.73 Å². The lowest BCUT2D eigenvalue weighted by Gasteiger charge is -2.14. The SMILES string of the molecule is CCc1cccc(C)c1NCC(=O)Nc1ccccc1C(N)=O. The van der Waals surface area contributed by atoms with Gasteiger partial charge in [0.2, 0.25) is 5.91 Å². The molecule has 2 rings (SSSR count). The van der Waals surface area contributed by atoms with Gasteiger partial charge in [0.05, 0.1) is 17.8 Å². The monoisotopic (exact) mass is 311 g/mol. The van der Waals surface area contributed by atoms with Crippen LogP contribution in [0.1, 0.15) is 28.4 Å². The van der Waals surface area contributed by atoms with E-state index in [1.807, 2.05) is 25.1 Å². The van der Waals surface area contributed by atoms with Crippen LogP contribution in [0.2, 0.25) is 0 Å². The number of hydrogen-bond acceptors (Lipinski definition) is 3. The lowest BCUT2D eigenvalue weighted by Crippen LogP contribution is -2.24. The van der Waals surface area contributed by atoms with Crippen LogP contribution in [0.25, 0.3) is 0 Å². The highest BCUT2D eigenvalue weighted by atomic mass is 16.2. The standard InChI is InChI=1S/C18H21N3O2/c1-3-13-8-6-7-12(2)17(13)20-11-16(22)21-15-10-5-4-9-14(15)18(19)23/h4-10,20H,3,11H2,1-2H3,(H2,19,23)(H,21,22). The second kappa shape index (κ2) is 7.45. The summed E-state index contributed by atoms with van der Waals surface area (Å²) in [5, 5.41) is 5.89. The molecule has 2 aromatic rings. The number of carbonyl (C=O) groups excluding carboxylic acids is 2. The Hall–Kier alpha value is -2.82. The zero-order valence-electron chi connectivity index (χ0n) is 13.3. The zero-order chi connectivity index (χ0) is 16.8. The van der Waals surface area contributed by atoms with Gasteiger partial charge in [0, 0.05) is 5.69 Å². The first kappa shape index (κ1) is 16.5. The van der Waals surface area contributed by atoms with Crippen LogP contribution >= 0.6 is 0 Å². The summed E-state index contributed by atoms with van der Waals surface area (Å²) in [4.78, 5) is 23.5. The van der Waals surface area contributed by atoms with Crippen molar-refractivity contribution in [2.45, 2.75) is 20.3 Å². The average Bonchev–Trinajstić information content (AvgIpc) is 2.53. The van der Waals surface area contributed by atoms with Gasteiger partial charge in [-0.3, -0.25) is 9.59 Å².